The molecule has 62 heavy (non-hydrogen) atoms. The van der Waals surface area contributed by atoms with Crippen LogP contribution < -0.4 is 4.89 Å². The first-order valence-electron chi connectivity index (χ1n) is 25.3. The van der Waals surface area contributed by atoms with Gasteiger partial charge < -0.3 is 27.9 Å². The molecule has 0 aromatic rings. The Morgan fingerprint density at radius 1 is 0.500 bits per heavy atom. The Labute approximate surface area is 382 Å². The summed E-state index contributed by atoms with van der Waals surface area (Å²) < 4.78 is 34.0. The van der Waals surface area contributed by atoms with Crippen molar-refractivity contribution < 1.29 is 42.1 Å². The van der Waals surface area contributed by atoms with Crippen molar-refractivity contribution >= 4 is 19.8 Å². The van der Waals surface area contributed by atoms with Crippen molar-refractivity contribution in [3.63, 3.8) is 0 Å². The molecular weight excluding hydrogens is 798 g/mol. The summed E-state index contributed by atoms with van der Waals surface area (Å²) in [5.41, 5.74) is 0. The smallest absolute Gasteiger partial charge is 0.306 e. The lowest BCUT2D eigenvalue weighted by Crippen LogP contribution is -2.37. The fraction of sp³-hybridized carbons (Fsp3) is 0.808. The Bertz CT molecular complexity index is 1190. The Morgan fingerprint density at radius 2 is 0.871 bits per heavy atom. The Balaban J connectivity index is 4.29. The first-order chi connectivity index (χ1) is 30.0. The number of carbonyl (C=O) groups excluding carboxylic acids is 2. The van der Waals surface area contributed by atoms with E-state index in [1.165, 1.54) is 122 Å². The van der Waals surface area contributed by atoms with E-state index in [0.717, 1.165) is 57.8 Å². The van der Waals surface area contributed by atoms with Crippen LogP contribution in [0.1, 0.15) is 219 Å². The van der Waals surface area contributed by atoms with Gasteiger partial charge >= 0.3 is 11.9 Å². The van der Waals surface area contributed by atoms with Crippen LogP contribution in [0.25, 0.3) is 0 Å². The number of nitrogens with zero attached hydrogens (tertiary/aromatic N) is 1. The topological polar surface area (TPSA) is 111 Å². The summed E-state index contributed by atoms with van der Waals surface area (Å²) in [6.07, 6.45) is 52.8. The number of hydrogen-bond donors (Lipinski definition) is 0. The Hall–Kier alpha value is -2.03. The second kappa shape index (κ2) is 44.2. The molecule has 0 aliphatic carbocycles. The summed E-state index contributed by atoms with van der Waals surface area (Å²) in [6.45, 7) is 4.19. The van der Waals surface area contributed by atoms with Gasteiger partial charge in [0.2, 0.25) is 0 Å². The number of likely N-dealkylation sites (N-methyl/N-ethyl adjacent to an activating group) is 1. The molecule has 0 aliphatic heterocycles. The van der Waals surface area contributed by atoms with Gasteiger partial charge in [0.1, 0.15) is 19.8 Å². The number of unbranched alkanes of at least 4 members (excludes halogenated alkanes) is 24. The summed E-state index contributed by atoms with van der Waals surface area (Å²) in [6, 6.07) is 0. The number of carbonyl (C=O) groups is 2. The van der Waals surface area contributed by atoms with Crippen molar-refractivity contribution in [1.82, 2.24) is 0 Å². The van der Waals surface area contributed by atoms with E-state index in [9.17, 15) is 19.0 Å². The fourth-order valence-electron chi connectivity index (χ4n) is 6.83. The van der Waals surface area contributed by atoms with E-state index in [0.29, 0.717) is 23.9 Å². The van der Waals surface area contributed by atoms with E-state index in [-0.39, 0.29) is 26.1 Å². The molecule has 362 valence electrons. The van der Waals surface area contributed by atoms with Gasteiger partial charge in [-0.25, -0.2) is 0 Å². The minimum Gasteiger partial charge on any atom is -0.756 e. The van der Waals surface area contributed by atoms with Crippen LogP contribution in [0.5, 0.6) is 0 Å². The van der Waals surface area contributed by atoms with Crippen molar-refractivity contribution in [2.45, 2.75) is 225 Å². The minimum absolute atomic E-state index is 0.0355. The standard InChI is InChI=1S/C52H96NO8P/c1-6-8-10-12-14-16-18-20-22-24-25-26-27-29-31-33-35-37-39-41-43-45-52(55)61-50(49-60-62(56,57)59-47-46-53(3,4)5)48-58-51(54)44-42-40-38-36-34-32-30-28-23-21-19-17-15-13-11-9-7-2/h15,17,20-23,30,32,50H,6-14,16,18-19,24-29,31,33-49H2,1-5H3/b17-15+,22-20+,23-21+,32-30+/t50-/m1/s1. The number of phosphoric acid groups is 1. The number of allylic oxidation sites excluding steroid dienone is 8. The fourth-order valence-corrected chi connectivity index (χ4v) is 7.56. The number of rotatable bonds is 46. The van der Waals surface area contributed by atoms with Crippen molar-refractivity contribution in [3.05, 3.63) is 48.6 Å². The number of esters is 2. The number of quaternary nitrogens is 1. The Kier molecular flexibility index (Phi) is 42.7. The van der Waals surface area contributed by atoms with E-state index in [2.05, 4.69) is 62.5 Å². The molecule has 0 N–H and O–H groups in total. The first-order valence-corrected chi connectivity index (χ1v) is 26.8. The van der Waals surface area contributed by atoms with Crippen LogP contribution in [0.15, 0.2) is 48.6 Å². The van der Waals surface area contributed by atoms with E-state index < -0.39 is 32.5 Å². The van der Waals surface area contributed by atoms with Crippen LogP contribution in [-0.2, 0) is 32.7 Å². The highest BCUT2D eigenvalue weighted by atomic mass is 31.2. The Morgan fingerprint density at radius 3 is 1.34 bits per heavy atom. The molecular formula is C52H96NO8P. The molecule has 0 radical (unpaired) electrons. The van der Waals surface area contributed by atoms with Gasteiger partial charge in [0.15, 0.2) is 6.10 Å². The van der Waals surface area contributed by atoms with E-state index in [1.807, 2.05) is 21.1 Å². The predicted molar refractivity (Wildman–Crippen MR) is 259 cm³/mol. The van der Waals surface area contributed by atoms with Crippen LogP contribution >= 0.6 is 7.82 Å². The van der Waals surface area contributed by atoms with Crippen molar-refractivity contribution in [3.8, 4) is 0 Å². The van der Waals surface area contributed by atoms with E-state index >= 15 is 0 Å². The van der Waals surface area contributed by atoms with Gasteiger partial charge in [-0.2, -0.15) is 0 Å². The number of phosphoric ester groups is 1. The maximum Gasteiger partial charge on any atom is 0.306 e. The van der Waals surface area contributed by atoms with Gasteiger partial charge in [-0.3, -0.25) is 14.2 Å². The molecule has 0 aliphatic rings. The summed E-state index contributed by atoms with van der Waals surface area (Å²) in [4.78, 5) is 37.7. The van der Waals surface area contributed by atoms with Crippen LogP contribution in [0.2, 0.25) is 0 Å². The maximum atomic E-state index is 12.7. The molecule has 0 saturated heterocycles. The SMILES string of the molecule is CCCCC/C=C/C/C=C/C/C=C/CCCCCCC(=O)OC[C@H](COP(=O)([O-])OCC[N+](C)(C)C)OC(=O)CCCCCCCCCCCCC/C=C/CCCCCCCC. The lowest BCUT2D eigenvalue weighted by Gasteiger charge is -2.28. The molecule has 9 nitrogen and oxygen atoms in total. The van der Waals surface area contributed by atoms with Gasteiger partial charge in [-0.15, -0.1) is 0 Å². The molecule has 0 fully saturated rings. The quantitative estimate of drug-likeness (QED) is 0.0195. The summed E-state index contributed by atoms with van der Waals surface area (Å²) in [7, 11) is 1.15. The normalized spacial score (nSPS) is 13.8. The second-order valence-electron chi connectivity index (χ2n) is 18.2. The molecule has 2 atom stereocenters. The highest BCUT2D eigenvalue weighted by molar-refractivity contribution is 7.45. The molecule has 0 amide bonds. The molecule has 1 unspecified atom stereocenters. The van der Waals surface area contributed by atoms with Crippen LogP contribution in [0.3, 0.4) is 0 Å². The van der Waals surface area contributed by atoms with Gasteiger partial charge in [-0.05, 0) is 77.0 Å². The predicted octanol–water partition coefficient (Wildman–Crippen LogP) is 14.4. The number of hydrogen-bond acceptors (Lipinski definition) is 8. The molecule has 0 rings (SSSR count). The minimum atomic E-state index is -4.64. The summed E-state index contributed by atoms with van der Waals surface area (Å²) >= 11 is 0. The third-order valence-electron chi connectivity index (χ3n) is 10.8. The zero-order valence-electron chi connectivity index (χ0n) is 40.8. The third kappa shape index (κ3) is 47.4. The van der Waals surface area contributed by atoms with E-state index in [4.69, 9.17) is 18.5 Å². The van der Waals surface area contributed by atoms with Crippen molar-refractivity contribution in [2.75, 3.05) is 47.5 Å². The summed E-state index contributed by atoms with van der Waals surface area (Å²) in [5.74, 6) is -0.857. The average Bonchev–Trinajstić information content (AvgIpc) is 3.23. The van der Waals surface area contributed by atoms with Gasteiger partial charge in [-0.1, -0.05) is 178 Å². The number of ether oxygens (including phenoxy) is 2. The maximum absolute atomic E-state index is 12.7. The monoisotopic (exact) mass is 894 g/mol. The zero-order valence-corrected chi connectivity index (χ0v) is 41.7. The zero-order chi connectivity index (χ0) is 45.7. The van der Waals surface area contributed by atoms with Crippen molar-refractivity contribution in [2.24, 2.45) is 0 Å². The molecule has 0 spiro atoms. The van der Waals surface area contributed by atoms with E-state index in [1.54, 1.807) is 0 Å². The molecule has 0 aromatic carbocycles. The lowest BCUT2D eigenvalue weighted by atomic mass is 10.0. The highest BCUT2D eigenvalue weighted by Crippen LogP contribution is 2.38. The molecule has 0 heterocycles. The van der Waals surface area contributed by atoms with Gasteiger partial charge in [0.05, 0.1) is 27.7 Å². The first kappa shape index (κ1) is 60.0. The summed E-state index contributed by atoms with van der Waals surface area (Å²) in [5, 5.41) is 0. The van der Waals surface area contributed by atoms with Crippen LogP contribution in [0, 0.1) is 0 Å². The lowest BCUT2D eigenvalue weighted by molar-refractivity contribution is -0.870. The van der Waals surface area contributed by atoms with Gasteiger partial charge in [0, 0.05) is 12.8 Å². The largest absolute Gasteiger partial charge is 0.756 e. The van der Waals surface area contributed by atoms with Gasteiger partial charge in [0.25, 0.3) is 7.82 Å². The average molecular weight is 894 g/mol. The van der Waals surface area contributed by atoms with Crippen LogP contribution in [0.4, 0.5) is 0 Å². The second-order valence-corrected chi connectivity index (χ2v) is 19.6. The highest BCUT2D eigenvalue weighted by Gasteiger charge is 2.21. The molecule has 0 aromatic heterocycles. The third-order valence-corrected chi connectivity index (χ3v) is 11.8. The molecule has 0 saturated carbocycles. The molecule has 10 heteroatoms. The molecule has 0 bridgehead atoms. The van der Waals surface area contributed by atoms with Crippen molar-refractivity contribution in [1.29, 1.82) is 0 Å². The van der Waals surface area contributed by atoms with Crippen LogP contribution in [-0.4, -0.2) is 70.0 Å².